The third-order valence-corrected chi connectivity index (χ3v) is 6.85. The number of hydrogen-bond donors (Lipinski definition) is 3. The first kappa shape index (κ1) is 28.9. The molecule has 1 fully saturated rings. The molecule has 1 unspecified atom stereocenters. The Morgan fingerprint density at radius 2 is 1.88 bits per heavy atom. The van der Waals surface area contributed by atoms with E-state index in [1.807, 2.05) is 20.8 Å². The number of hydrogen-bond acceptors (Lipinski definition) is 8. The molecule has 3 heterocycles. The maximum absolute atomic E-state index is 13.6. The van der Waals surface area contributed by atoms with Gasteiger partial charge in [-0.25, -0.2) is 9.78 Å². The Balaban J connectivity index is 2.04. The largest absolute Gasteiger partial charge is 0.479 e. The summed E-state index contributed by atoms with van der Waals surface area (Å²) in [4.78, 5) is 36.7. The van der Waals surface area contributed by atoms with E-state index in [1.165, 1.54) is 42.1 Å². The van der Waals surface area contributed by atoms with Crippen LogP contribution in [0, 0.1) is 18.3 Å². The molecule has 3 N–H and O–H groups in total. The van der Waals surface area contributed by atoms with Gasteiger partial charge in [-0.1, -0.05) is 43.1 Å². The summed E-state index contributed by atoms with van der Waals surface area (Å²) in [7, 11) is 4.47. The van der Waals surface area contributed by atoms with E-state index in [9.17, 15) is 9.59 Å². The van der Waals surface area contributed by atoms with Crippen molar-refractivity contribution in [2.45, 2.75) is 26.8 Å². The van der Waals surface area contributed by atoms with Crippen LogP contribution in [0.1, 0.15) is 31.0 Å². The molecular weight excluding hydrogens is 557 g/mol. The van der Waals surface area contributed by atoms with Crippen LogP contribution in [0.15, 0.2) is 52.7 Å². The number of pyridine rings is 1. The molecule has 0 aliphatic carbocycles. The van der Waals surface area contributed by atoms with Crippen LogP contribution < -0.4 is 30.6 Å². The van der Waals surface area contributed by atoms with Gasteiger partial charge in [-0.2, -0.15) is 4.98 Å². The molecule has 1 aromatic carbocycles. The van der Waals surface area contributed by atoms with Gasteiger partial charge in [-0.05, 0) is 42.2 Å². The van der Waals surface area contributed by atoms with E-state index in [-0.39, 0.29) is 34.4 Å². The number of ether oxygens (including phenoxy) is 2. The van der Waals surface area contributed by atoms with Gasteiger partial charge in [0.05, 0.1) is 31.5 Å². The van der Waals surface area contributed by atoms with Gasteiger partial charge in [0.15, 0.2) is 0 Å². The Labute approximate surface area is 241 Å². The summed E-state index contributed by atoms with van der Waals surface area (Å²) < 4.78 is 11.9. The highest BCUT2D eigenvalue weighted by atomic mass is 35.5. The summed E-state index contributed by atoms with van der Waals surface area (Å²) in [6.07, 6.45) is 2.97. The second kappa shape index (κ2) is 11.6. The highest BCUT2D eigenvalue weighted by molar-refractivity contribution is 6.31. The molecule has 4 rings (SSSR count). The van der Waals surface area contributed by atoms with Crippen LogP contribution in [-0.4, -0.2) is 40.6 Å². The number of methoxy groups -OCH3 is 2. The van der Waals surface area contributed by atoms with Crippen LogP contribution in [0.2, 0.25) is 10.0 Å². The molecule has 40 heavy (non-hydrogen) atoms. The molecule has 0 saturated carbocycles. The highest BCUT2D eigenvalue weighted by Gasteiger charge is 2.41. The lowest BCUT2D eigenvalue weighted by Crippen LogP contribution is -2.55. The number of halogens is 2. The first-order chi connectivity index (χ1) is 19.0. The third kappa shape index (κ3) is 5.47. The van der Waals surface area contributed by atoms with Gasteiger partial charge in [0.25, 0.3) is 5.56 Å². The number of benzene rings is 1. The van der Waals surface area contributed by atoms with Crippen LogP contribution in [0.4, 0.5) is 16.2 Å². The number of aryl methyl sites for hydroxylation is 2. The van der Waals surface area contributed by atoms with Crippen LogP contribution in [0.5, 0.6) is 11.9 Å². The number of nitrogens with zero attached hydrogens (tertiary/aromatic N) is 4. The lowest BCUT2D eigenvalue weighted by atomic mass is 9.87. The zero-order chi connectivity index (χ0) is 29.3. The molecule has 13 heteroatoms. The van der Waals surface area contributed by atoms with E-state index in [1.54, 1.807) is 25.2 Å². The summed E-state index contributed by atoms with van der Waals surface area (Å²) in [5, 5.41) is 15.7. The average Bonchev–Trinajstić information content (AvgIpc) is 2.89. The van der Waals surface area contributed by atoms with Crippen molar-refractivity contribution in [1.29, 1.82) is 5.41 Å². The number of anilines is 2. The van der Waals surface area contributed by atoms with Crippen molar-refractivity contribution in [1.82, 2.24) is 19.9 Å². The van der Waals surface area contributed by atoms with Gasteiger partial charge < -0.3 is 19.4 Å². The number of amides is 2. The summed E-state index contributed by atoms with van der Waals surface area (Å²) >= 11 is 12.6. The zero-order valence-electron chi connectivity index (χ0n) is 22.8. The van der Waals surface area contributed by atoms with Crippen molar-refractivity contribution in [3.63, 3.8) is 0 Å². The third-order valence-electron chi connectivity index (χ3n) is 6.41. The lowest BCUT2D eigenvalue weighted by molar-refractivity contribution is 0.247. The highest BCUT2D eigenvalue weighted by Crippen LogP contribution is 2.41. The smallest absolute Gasteiger partial charge is 0.328 e. The van der Waals surface area contributed by atoms with Crippen LogP contribution >= 0.6 is 23.2 Å². The van der Waals surface area contributed by atoms with Crippen molar-refractivity contribution < 1.29 is 14.3 Å². The van der Waals surface area contributed by atoms with Gasteiger partial charge in [0, 0.05) is 29.5 Å². The van der Waals surface area contributed by atoms with Gasteiger partial charge in [0.1, 0.15) is 17.2 Å². The number of allylic oxidation sites excluding steroid dienone is 1. The fourth-order valence-electron chi connectivity index (χ4n) is 4.57. The minimum atomic E-state index is -0.903. The van der Waals surface area contributed by atoms with E-state index in [0.717, 1.165) is 5.56 Å². The molecule has 11 nitrogen and oxygen atoms in total. The van der Waals surface area contributed by atoms with E-state index >= 15 is 0 Å². The Morgan fingerprint density at radius 1 is 1.15 bits per heavy atom. The Kier molecular flexibility index (Phi) is 8.36. The van der Waals surface area contributed by atoms with Crippen molar-refractivity contribution >= 4 is 46.4 Å². The molecule has 2 amide bonds. The van der Waals surface area contributed by atoms with E-state index < -0.39 is 17.6 Å². The Bertz CT molecular complexity index is 1590. The van der Waals surface area contributed by atoms with Gasteiger partial charge >= 0.3 is 12.0 Å². The molecule has 1 saturated heterocycles. The Hall–Kier alpha value is -4.09. The second-order valence-electron chi connectivity index (χ2n) is 9.42. The molecule has 3 aromatic rings. The van der Waals surface area contributed by atoms with Crippen LogP contribution in [0.25, 0.3) is 0 Å². The normalized spacial score (nSPS) is 16.6. The SMILES string of the molecule is COc1ncc(N/C(=C2\C(=N)NC(=O)N(c3cc(Cl)cn(C)c3=O)C2c2ccc(Cl)cc2C)C(C)C)c(OC)n1. The summed E-state index contributed by atoms with van der Waals surface area (Å²) in [5.74, 6) is -0.114. The number of rotatable bonds is 7. The topological polar surface area (TPSA) is 134 Å². The molecule has 210 valence electrons. The predicted octanol–water partition coefficient (Wildman–Crippen LogP) is 5.08. The van der Waals surface area contributed by atoms with Crippen molar-refractivity contribution in [2.24, 2.45) is 13.0 Å². The molecule has 0 bridgehead atoms. The van der Waals surface area contributed by atoms with Gasteiger partial charge in [-0.15, -0.1) is 0 Å². The maximum Gasteiger partial charge on any atom is 0.328 e. The molecule has 0 spiro atoms. The second-order valence-corrected chi connectivity index (χ2v) is 10.3. The van der Waals surface area contributed by atoms with Gasteiger partial charge in [-0.3, -0.25) is 20.4 Å². The lowest BCUT2D eigenvalue weighted by Gasteiger charge is -2.40. The Morgan fingerprint density at radius 3 is 2.50 bits per heavy atom. The predicted molar refractivity (Wildman–Crippen MR) is 155 cm³/mol. The summed E-state index contributed by atoms with van der Waals surface area (Å²) in [5.41, 5.74) is 2.44. The molecule has 0 radical (unpaired) electrons. The van der Waals surface area contributed by atoms with Crippen molar-refractivity contribution in [3.8, 4) is 11.9 Å². The summed E-state index contributed by atoms with van der Waals surface area (Å²) in [6, 6.07) is 5.26. The molecule has 2 aromatic heterocycles. The number of aromatic nitrogens is 3. The number of urea groups is 1. The average molecular weight is 586 g/mol. The van der Waals surface area contributed by atoms with Crippen LogP contribution in [0.3, 0.4) is 0 Å². The molecule has 1 aliphatic heterocycles. The van der Waals surface area contributed by atoms with Crippen molar-refractivity contribution in [2.75, 3.05) is 24.4 Å². The molecule has 1 atom stereocenters. The fourth-order valence-corrected chi connectivity index (χ4v) is 5.05. The van der Waals surface area contributed by atoms with Crippen molar-refractivity contribution in [3.05, 3.63) is 79.5 Å². The molecule has 1 aliphatic rings. The monoisotopic (exact) mass is 585 g/mol. The van der Waals surface area contributed by atoms with Gasteiger partial charge in [0.2, 0.25) is 5.88 Å². The standard InChI is InChI=1S/C27H29Cl2N7O4/c1-13(2)21(32-18-11-31-26(40-6)34-24(18)39-5)20-22(17-8-7-15(28)9-14(17)3)36(27(38)33-23(20)30)19-10-16(29)12-35(4)25(19)37/h7-13,22,32H,1-6H3,(H2,30,33,38)/b21-20-. The minimum absolute atomic E-state index is 0.0466. The number of carbonyl (C=O) groups is 1. The van der Waals surface area contributed by atoms with Crippen LogP contribution in [-0.2, 0) is 7.05 Å². The number of carbonyl (C=O) groups excluding carboxylic acids is 1. The first-order valence-corrected chi connectivity index (χ1v) is 13.0. The number of amidine groups is 1. The zero-order valence-corrected chi connectivity index (χ0v) is 24.3. The first-order valence-electron chi connectivity index (χ1n) is 12.2. The quantitative estimate of drug-likeness (QED) is 0.352. The fraction of sp³-hybridized carbons (Fsp3) is 0.296. The minimum Gasteiger partial charge on any atom is -0.479 e. The van der Waals surface area contributed by atoms with E-state index in [4.69, 9.17) is 38.1 Å². The maximum atomic E-state index is 13.6. The summed E-state index contributed by atoms with van der Waals surface area (Å²) in [6.45, 7) is 5.72. The van der Waals surface area contributed by atoms with E-state index in [0.29, 0.717) is 27.5 Å². The van der Waals surface area contributed by atoms with E-state index in [2.05, 4.69) is 20.6 Å². The number of nitrogens with one attached hydrogen (secondary N) is 3. The molecular formula is C27H29Cl2N7O4.